The molecule has 0 aliphatic heterocycles. The zero-order valence-corrected chi connectivity index (χ0v) is 12.5. The topological polar surface area (TPSA) is 64.1 Å². The first-order valence-corrected chi connectivity index (χ1v) is 7.38. The SMILES string of the molecule is CCOc1nc(C)c(NC(=O)CC2CCCC2)c(C)n1. The van der Waals surface area contributed by atoms with Gasteiger partial charge in [-0.25, -0.2) is 0 Å². The molecule has 110 valence electrons. The zero-order chi connectivity index (χ0) is 14.5. The Kier molecular flexibility index (Phi) is 4.93. The van der Waals surface area contributed by atoms with Crippen molar-refractivity contribution in [2.75, 3.05) is 11.9 Å². The van der Waals surface area contributed by atoms with Gasteiger partial charge >= 0.3 is 6.01 Å². The maximum atomic E-state index is 12.1. The van der Waals surface area contributed by atoms with Crippen LogP contribution >= 0.6 is 0 Å². The van der Waals surface area contributed by atoms with Crippen LogP contribution < -0.4 is 10.1 Å². The highest BCUT2D eigenvalue weighted by Crippen LogP contribution is 2.28. The Hall–Kier alpha value is -1.65. The summed E-state index contributed by atoms with van der Waals surface area (Å²) in [4.78, 5) is 20.6. The lowest BCUT2D eigenvalue weighted by atomic mass is 10.0. The summed E-state index contributed by atoms with van der Waals surface area (Å²) < 4.78 is 5.30. The molecule has 1 heterocycles. The van der Waals surface area contributed by atoms with E-state index in [2.05, 4.69) is 15.3 Å². The van der Waals surface area contributed by atoms with Gasteiger partial charge in [0.15, 0.2) is 0 Å². The van der Waals surface area contributed by atoms with Gasteiger partial charge in [0.1, 0.15) is 0 Å². The number of ether oxygens (including phenoxy) is 1. The molecule has 1 fully saturated rings. The fourth-order valence-corrected chi connectivity index (χ4v) is 2.73. The minimum atomic E-state index is 0.0656. The second kappa shape index (κ2) is 6.68. The average Bonchev–Trinajstić information content (AvgIpc) is 2.87. The van der Waals surface area contributed by atoms with Crippen molar-refractivity contribution in [2.24, 2.45) is 5.92 Å². The lowest BCUT2D eigenvalue weighted by Crippen LogP contribution is -2.17. The Morgan fingerprint density at radius 2 is 1.85 bits per heavy atom. The lowest BCUT2D eigenvalue weighted by molar-refractivity contribution is -0.117. The fourth-order valence-electron chi connectivity index (χ4n) is 2.73. The summed E-state index contributed by atoms with van der Waals surface area (Å²) in [6.07, 6.45) is 5.45. The van der Waals surface area contributed by atoms with Crippen molar-refractivity contribution in [3.63, 3.8) is 0 Å². The van der Waals surface area contributed by atoms with Crippen LogP contribution in [-0.4, -0.2) is 22.5 Å². The Morgan fingerprint density at radius 1 is 1.25 bits per heavy atom. The van der Waals surface area contributed by atoms with Crippen molar-refractivity contribution >= 4 is 11.6 Å². The minimum Gasteiger partial charge on any atom is -0.464 e. The standard InChI is InChI=1S/C15H23N3O2/c1-4-20-15-16-10(2)14(11(3)17-15)18-13(19)9-12-7-5-6-8-12/h12H,4-9H2,1-3H3,(H,18,19). The number of aryl methyl sites for hydroxylation is 2. The maximum Gasteiger partial charge on any atom is 0.316 e. The number of nitrogens with zero attached hydrogens (tertiary/aromatic N) is 2. The van der Waals surface area contributed by atoms with Crippen LogP contribution in [0.4, 0.5) is 5.69 Å². The maximum absolute atomic E-state index is 12.1. The Labute approximate surface area is 120 Å². The second-order valence-corrected chi connectivity index (χ2v) is 5.39. The molecule has 0 radical (unpaired) electrons. The van der Waals surface area contributed by atoms with Crippen LogP contribution in [0.25, 0.3) is 0 Å². The first kappa shape index (κ1) is 14.8. The smallest absolute Gasteiger partial charge is 0.316 e. The van der Waals surface area contributed by atoms with E-state index in [-0.39, 0.29) is 5.91 Å². The van der Waals surface area contributed by atoms with E-state index in [1.54, 1.807) is 0 Å². The van der Waals surface area contributed by atoms with Gasteiger partial charge in [0.2, 0.25) is 5.91 Å². The molecule has 1 amide bonds. The van der Waals surface area contributed by atoms with Gasteiger partial charge in [0, 0.05) is 6.42 Å². The van der Waals surface area contributed by atoms with Gasteiger partial charge in [-0.3, -0.25) is 4.79 Å². The molecule has 5 nitrogen and oxygen atoms in total. The summed E-state index contributed by atoms with van der Waals surface area (Å²) in [7, 11) is 0. The molecule has 1 aromatic heterocycles. The third-order valence-electron chi connectivity index (χ3n) is 3.74. The van der Waals surface area contributed by atoms with Gasteiger partial charge in [-0.15, -0.1) is 0 Å². The average molecular weight is 277 g/mol. The van der Waals surface area contributed by atoms with E-state index in [4.69, 9.17) is 4.74 Å². The van der Waals surface area contributed by atoms with E-state index in [0.717, 1.165) is 17.1 Å². The van der Waals surface area contributed by atoms with Gasteiger partial charge in [-0.2, -0.15) is 9.97 Å². The molecule has 0 aromatic carbocycles. The predicted octanol–water partition coefficient (Wildman–Crippen LogP) is 3.01. The van der Waals surface area contributed by atoms with Crippen LogP contribution in [0.3, 0.4) is 0 Å². The second-order valence-electron chi connectivity index (χ2n) is 5.39. The van der Waals surface area contributed by atoms with E-state index in [0.29, 0.717) is 25.0 Å². The number of carbonyl (C=O) groups excluding carboxylic acids is 1. The number of carbonyl (C=O) groups is 1. The van der Waals surface area contributed by atoms with Crippen molar-refractivity contribution in [3.8, 4) is 6.01 Å². The molecular formula is C15H23N3O2. The van der Waals surface area contributed by atoms with Crippen LogP contribution in [0.2, 0.25) is 0 Å². The molecular weight excluding hydrogens is 254 g/mol. The molecule has 0 atom stereocenters. The molecule has 1 aliphatic carbocycles. The first-order chi connectivity index (χ1) is 9.60. The minimum absolute atomic E-state index is 0.0656. The molecule has 0 spiro atoms. The van der Waals surface area contributed by atoms with E-state index in [1.807, 2.05) is 20.8 Å². The molecule has 0 unspecified atom stereocenters. The monoisotopic (exact) mass is 277 g/mol. The van der Waals surface area contributed by atoms with E-state index in [9.17, 15) is 4.79 Å². The number of nitrogens with one attached hydrogen (secondary N) is 1. The normalized spacial score (nSPS) is 15.3. The van der Waals surface area contributed by atoms with Crippen LogP contribution in [0.5, 0.6) is 6.01 Å². The number of anilines is 1. The molecule has 0 saturated heterocycles. The van der Waals surface area contributed by atoms with Gasteiger partial charge in [-0.1, -0.05) is 12.8 Å². The molecule has 1 aromatic rings. The van der Waals surface area contributed by atoms with E-state index >= 15 is 0 Å². The third-order valence-corrected chi connectivity index (χ3v) is 3.74. The molecule has 1 saturated carbocycles. The van der Waals surface area contributed by atoms with Crippen molar-refractivity contribution in [1.29, 1.82) is 0 Å². The molecule has 0 bridgehead atoms. The number of amides is 1. The van der Waals surface area contributed by atoms with Crippen molar-refractivity contribution in [2.45, 2.75) is 52.9 Å². The molecule has 5 heteroatoms. The summed E-state index contributed by atoms with van der Waals surface area (Å²) in [5.41, 5.74) is 2.22. The largest absolute Gasteiger partial charge is 0.464 e. The van der Waals surface area contributed by atoms with Gasteiger partial charge < -0.3 is 10.1 Å². The third kappa shape index (κ3) is 3.68. The van der Waals surface area contributed by atoms with Crippen molar-refractivity contribution in [3.05, 3.63) is 11.4 Å². The summed E-state index contributed by atoms with van der Waals surface area (Å²) in [6.45, 7) is 6.16. The van der Waals surface area contributed by atoms with Gasteiger partial charge in [-0.05, 0) is 39.5 Å². The quantitative estimate of drug-likeness (QED) is 0.898. The van der Waals surface area contributed by atoms with Crippen LogP contribution in [0, 0.1) is 19.8 Å². The van der Waals surface area contributed by atoms with Crippen LogP contribution in [0.15, 0.2) is 0 Å². The highest BCUT2D eigenvalue weighted by molar-refractivity contribution is 5.91. The number of rotatable bonds is 5. The molecule has 1 aliphatic rings. The van der Waals surface area contributed by atoms with Crippen molar-refractivity contribution in [1.82, 2.24) is 9.97 Å². The fraction of sp³-hybridized carbons (Fsp3) is 0.667. The Bertz CT molecular complexity index is 459. The van der Waals surface area contributed by atoms with Crippen LogP contribution in [-0.2, 0) is 4.79 Å². The Balaban J connectivity index is 2.02. The summed E-state index contributed by atoms with van der Waals surface area (Å²) >= 11 is 0. The van der Waals surface area contributed by atoms with Gasteiger partial charge in [0.25, 0.3) is 0 Å². The highest BCUT2D eigenvalue weighted by atomic mass is 16.5. The molecule has 20 heavy (non-hydrogen) atoms. The molecule has 1 N–H and O–H groups in total. The highest BCUT2D eigenvalue weighted by Gasteiger charge is 2.19. The Morgan fingerprint density at radius 3 is 2.40 bits per heavy atom. The van der Waals surface area contributed by atoms with Gasteiger partial charge in [0.05, 0.1) is 23.7 Å². The summed E-state index contributed by atoms with van der Waals surface area (Å²) in [5, 5.41) is 2.96. The van der Waals surface area contributed by atoms with E-state index in [1.165, 1.54) is 25.7 Å². The number of aromatic nitrogens is 2. The first-order valence-electron chi connectivity index (χ1n) is 7.38. The molecule has 2 rings (SSSR count). The number of hydrogen-bond donors (Lipinski definition) is 1. The van der Waals surface area contributed by atoms with E-state index < -0.39 is 0 Å². The zero-order valence-electron chi connectivity index (χ0n) is 12.5. The number of hydrogen-bond acceptors (Lipinski definition) is 4. The summed E-state index contributed by atoms with van der Waals surface area (Å²) in [5.74, 6) is 0.607. The summed E-state index contributed by atoms with van der Waals surface area (Å²) in [6, 6.07) is 0.372. The predicted molar refractivity (Wildman–Crippen MR) is 77.9 cm³/mol. The van der Waals surface area contributed by atoms with Crippen molar-refractivity contribution < 1.29 is 9.53 Å². The van der Waals surface area contributed by atoms with Crippen LogP contribution in [0.1, 0.15) is 50.4 Å². The lowest BCUT2D eigenvalue weighted by Gasteiger charge is -2.13.